The van der Waals surface area contributed by atoms with Crippen LogP contribution >= 0.6 is 0 Å². The van der Waals surface area contributed by atoms with Gasteiger partial charge in [-0.3, -0.25) is 4.90 Å². The fraction of sp³-hybridized carbons (Fsp3) is 0.625. The van der Waals surface area contributed by atoms with E-state index in [-0.39, 0.29) is 5.54 Å². The van der Waals surface area contributed by atoms with E-state index in [0.717, 1.165) is 32.7 Å². The van der Waals surface area contributed by atoms with Gasteiger partial charge in [0.15, 0.2) is 0 Å². The van der Waals surface area contributed by atoms with Gasteiger partial charge in [0.1, 0.15) is 0 Å². The molecule has 0 saturated carbocycles. The van der Waals surface area contributed by atoms with Crippen LogP contribution in [-0.4, -0.2) is 49.8 Å². The van der Waals surface area contributed by atoms with Gasteiger partial charge in [0.25, 0.3) is 0 Å². The molecule has 0 amide bonds. The first-order chi connectivity index (χ1) is 9.11. The van der Waals surface area contributed by atoms with Crippen LogP contribution in [0.3, 0.4) is 0 Å². The lowest BCUT2D eigenvalue weighted by molar-refractivity contribution is 0.0644. The highest BCUT2D eigenvalue weighted by atomic mass is 16.5. The largest absolute Gasteiger partial charge is 0.383 e. The highest BCUT2D eigenvalue weighted by molar-refractivity contribution is 5.16. The van der Waals surface area contributed by atoms with Crippen LogP contribution in [0.5, 0.6) is 0 Å². The van der Waals surface area contributed by atoms with E-state index in [1.54, 1.807) is 7.11 Å². The third-order valence-electron chi connectivity index (χ3n) is 3.83. The molecule has 2 rings (SSSR count). The van der Waals surface area contributed by atoms with Crippen LogP contribution in [0.25, 0.3) is 0 Å². The Bertz CT molecular complexity index is 378. The zero-order valence-corrected chi connectivity index (χ0v) is 12.4. The van der Waals surface area contributed by atoms with E-state index < -0.39 is 0 Å². The monoisotopic (exact) mass is 262 g/mol. The third-order valence-corrected chi connectivity index (χ3v) is 3.83. The number of piperazine rings is 1. The number of nitrogens with zero attached hydrogens (tertiary/aromatic N) is 1. The average Bonchev–Trinajstić information content (AvgIpc) is 2.40. The fourth-order valence-electron chi connectivity index (χ4n) is 2.77. The number of methoxy groups -OCH3 is 1. The lowest BCUT2D eigenvalue weighted by Gasteiger charge is -2.44. The van der Waals surface area contributed by atoms with Crippen molar-refractivity contribution in [3.63, 3.8) is 0 Å². The predicted molar refractivity (Wildman–Crippen MR) is 79.5 cm³/mol. The second kappa shape index (κ2) is 6.51. The molecule has 3 nitrogen and oxygen atoms in total. The van der Waals surface area contributed by atoms with Gasteiger partial charge in [-0.15, -0.1) is 0 Å². The molecule has 1 N–H and O–H groups in total. The van der Waals surface area contributed by atoms with Gasteiger partial charge in [0, 0.05) is 38.3 Å². The smallest absolute Gasteiger partial charge is 0.0589 e. The van der Waals surface area contributed by atoms with Crippen molar-refractivity contribution >= 4 is 0 Å². The summed E-state index contributed by atoms with van der Waals surface area (Å²) in [6, 6.07) is 11.3. The van der Waals surface area contributed by atoms with Crippen molar-refractivity contribution in [3.8, 4) is 0 Å². The minimum absolute atomic E-state index is 0.195. The Morgan fingerprint density at radius 1 is 1.32 bits per heavy atom. The van der Waals surface area contributed by atoms with Crippen LogP contribution in [0.4, 0.5) is 0 Å². The van der Waals surface area contributed by atoms with Crippen LogP contribution in [0.2, 0.25) is 0 Å². The summed E-state index contributed by atoms with van der Waals surface area (Å²) >= 11 is 0. The maximum Gasteiger partial charge on any atom is 0.0589 e. The first-order valence-electron chi connectivity index (χ1n) is 7.13. The molecule has 1 aliphatic rings. The summed E-state index contributed by atoms with van der Waals surface area (Å²) in [4.78, 5) is 2.56. The molecule has 0 radical (unpaired) electrons. The van der Waals surface area contributed by atoms with Gasteiger partial charge >= 0.3 is 0 Å². The lowest BCUT2D eigenvalue weighted by atomic mass is 9.95. The van der Waals surface area contributed by atoms with Crippen molar-refractivity contribution in [1.29, 1.82) is 0 Å². The number of hydrogen-bond donors (Lipinski definition) is 1. The van der Waals surface area contributed by atoms with Crippen molar-refractivity contribution < 1.29 is 4.74 Å². The molecule has 0 aliphatic carbocycles. The molecule has 1 aliphatic heterocycles. The van der Waals surface area contributed by atoms with Crippen molar-refractivity contribution in [2.24, 2.45) is 0 Å². The van der Waals surface area contributed by atoms with Crippen LogP contribution in [-0.2, 0) is 11.2 Å². The van der Waals surface area contributed by atoms with E-state index in [4.69, 9.17) is 4.74 Å². The van der Waals surface area contributed by atoms with Gasteiger partial charge < -0.3 is 10.1 Å². The highest BCUT2D eigenvalue weighted by Gasteiger charge is 2.31. The van der Waals surface area contributed by atoms with Gasteiger partial charge in [-0.25, -0.2) is 0 Å². The average molecular weight is 262 g/mol. The topological polar surface area (TPSA) is 24.5 Å². The molecule has 1 aromatic carbocycles. The second-order valence-corrected chi connectivity index (χ2v) is 6.07. The van der Waals surface area contributed by atoms with Gasteiger partial charge in [-0.1, -0.05) is 30.3 Å². The first kappa shape index (κ1) is 14.5. The van der Waals surface area contributed by atoms with E-state index in [0.29, 0.717) is 6.04 Å². The summed E-state index contributed by atoms with van der Waals surface area (Å²) in [5.74, 6) is 0. The van der Waals surface area contributed by atoms with Gasteiger partial charge in [-0.2, -0.15) is 0 Å². The zero-order valence-electron chi connectivity index (χ0n) is 12.4. The molecule has 1 aromatic rings. The molecule has 3 heteroatoms. The maximum atomic E-state index is 5.25. The van der Waals surface area contributed by atoms with Crippen LogP contribution in [0.15, 0.2) is 30.3 Å². The third kappa shape index (κ3) is 4.30. The van der Waals surface area contributed by atoms with Gasteiger partial charge in [0.05, 0.1) is 6.61 Å². The molecule has 0 aromatic heterocycles. The molecular formula is C16H26N2O. The fourth-order valence-corrected chi connectivity index (χ4v) is 2.77. The molecule has 106 valence electrons. The highest BCUT2D eigenvalue weighted by Crippen LogP contribution is 2.18. The summed E-state index contributed by atoms with van der Waals surface area (Å²) in [5.41, 5.74) is 1.61. The summed E-state index contributed by atoms with van der Waals surface area (Å²) in [6.45, 7) is 8.48. The molecule has 0 spiro atoms. The predicted octanol–water partition coefficient (Wildman–Crippen LogP) is 1.93. The second-order valence-electron chi connectivity index (χ2n) is 6.07. The molecule has 0 bridgehead atoms. The molecule has 1 fully saturated rings. The number of rotatable bonds is 5. The van der Waals surface area contributed by atoms with Crippen molar-refractivity contribution in [1.82, 2.24) is 10.2 Å². The Balaban J connectivity index is 2.00. The minimum atomic E-state index is 0.195. The Labute approximate surface area is 116 Å². The first-order valence-corrected chi connectivity index (χ1v) is 7.13. The summed E-state index contributed by atoms with van der Waals surface area (Å²) in [5, 5.41) is 3.65. The Kier molecular flexibility index (Phi) is 4.97. The number of hydrogen-bond acceptors (Lipinski definition) is 3. The molecule has 19 heavy (non-hydrogen) atoms. The number of ether oxygens (including phenoxy) is 1. The van der Waals surface area contributed by atoms with Crippen LogP contribution in [0, 0.1) is 0 Å². The Morgan fingerprint density at radius 3 is 2.74 bits per heavy atom. The van der Waals surface area contributed by atoms with E-state index in [9.17, 15) is 0 Å². The van der Waals surface area contributed by atoms with E-state index >= 15 is 0 Å². The Hall–Kier alpha value is -0.900. The van der Waals surface area contributed by atoms with Crippen molar-refractivity contribution in [2.45, 2.75) is 31.8 Å². The molecule has 1 atom stereocenters. The zero-order chi connectivity index (χ0) is 13.7. The standard InChI is InChI=1S/C16H26N2O/c1-16(2)13-18(9-10-19-3)15(12-17-16)11-14-7-5-4-6-8-14/h4-8,15,17H,9-13H2,1-3H3. The Morgan fingerprint density at radius 2 is 2.05 bits per heavy atom. The summed E-state index contributed by atoms with van der Waals surface area (Å²) < 4.78 is 5.25. The van der Waals surface area contributed by atoms with Crippen molar-refractivity contribution in [3.05, 3.63) is 35.9 Å². The van der Waals surface area contributed by atoms with E-state index in [1.807, 2.05) is 0 Å². The van der Waals surface area contributed by atoms with Gasteiger partial charge in [0.2, 0.25) is 0 Å². The van der Waals surface area contributed by atoms with Crippen LogP contribution in [0.1, 0.15) is 19.4 Å². The van der Waals surface area contributed by atoms with Crippen molar-refractivity contribution in [2.75, 3.05) is 33.4 Å². The quantitative estimate of drug-likeness (QED) is 0.877. The van der Waals surface area contributed by atoms with Crippen LogP contribution < -0.4 is 5.32 Å². The molecule has 1 unspecified atom stereocenters. The SMILES string of the molecule is COCCN1CC(C)(C)NCC1Cc1ccccc1. The lowest BCUT2D eigenvalue weighted by Crippen LogP contribution is -2.62. The minimum Gasteiger partial charge on any atom is -0.383 e. The number of nitrogens with one attached hydrogen (secondary N) is 1. The maximum absolute atomic E-state index is 5.25. The van der Waals surface area contributed by atoms with Gasteiger partial charge in [-0.05, 0) is 25.8 Å². The van der Waals surface area contributed by atoms with E-state index in [2.05, 4.69) is 54.4 Å². The molecule has 1 saturated heterocycles. The number of benzene rings is 1. The molecule has 1 heterocycles. The summed E-state index contributed by atoms with van der Waals surface area (Å²) in [6.07, 6.45) is 1.10. The molecular weight excluding hydrogens is 236 g/mol. The van der Waals surface area contributed by atoms with E-state index in [1.165, 1.54) is 5.56 Å². The summed E-state index contributed by atoms with van der Waals surface area (Å²) in [7, 11) is 1.78. The normalized spacial score (nSPS) is 23.4.